The van der Waals surface area contributed by atoms with E-state index in [1.807, 2.05) is 41.8 Å². The van der Waals surface area contributed by atoms with Crippen LogP contribution in [0.15, 0.2) is 52.3 Å². The smallest absolute Gasteiger partial charge is 0.331 e. The van der Waals surface area contributed by atoms with Crippen LogP contribution in [-0.4, -0.2) is 30.4 Å². The molecule has 23 heavy (non-hydrogen) atoms. The molecule has 0 bridgehead atoms. The van der Waals surface area contributed by atoms with Crippen LogP contribution < -0.4 is 0 Å². The molecule has 0 radical (unpaired) electrons. The highest BCUT2D eigenvalue weighted by Gasteiger charge is 2.12. The third kappa shape index (κ3) is 5.65. The van der Waals surface area contributed by atoms with Crippen molar-refractivity contribution in [1.29, 1.82) is 0 Å². The molecule has 0 saturated carbocycles. The summed E-state index contributed by atoms with van der Waals surface area (Å²) in [7, 11) is 1.68. The molecule has 0 N–H and O–H groups in total. The standard InChI is InChI=1S/C17H16BrNO3S/c1-19(11-13-5-2-3-7-15(13)18)16(20)12-22-17(21)9-8-14-6-4-10-23-14/h2-10H,11-12H2,1H3/b9-8+. The molecule has 0 aliphatic rings. The number of hydrogen-bond acceptors (Lipinski definition) is 4. The average Bonchev–Trinajstić information content (AvgIpc) is 3.06. The summed E-state index contributed by atoms with van der Waals surface area (Å²) in [6, 6.07) is 11.5. The lowest BCUT2D eigenvalue weighted by atomic mass is 10.2. The number of hydrogen-bond donors (Lipinski definition) is 0. The fraction of sp³-hybridized carbons (Fsp3) is 0.176. The molecule has 0 atom stereocenters. The molecular weight excluding hydrogens is 378 g/mol. The SMILES string of the molecule is CN(Cc1ccccc1Br)C(=O)COC(=O)/C=C/c1cccs1. The van der Waals surface area contributed by atoms with Gasteiger partial charge in [-0.25, -0.2) is 4.79 Å². The van der Waals surface area contributed by atoms with Crippen LogP contribution in [0.5, 0.6) is 0 Å². The highest BCUT2D eigenvalue weighted by Crippen LogP contribution is 2.17. The Morgan fingerprint density at radius 3 is 2.74 bits per heavy atom. The Morgan fingerprint density at radius 2 is 2.04 bits per heavy atom. The zero-order chi connectivity index (χ0) is 16.7. The van der Waals surface area contributed by atoms with Gasteiger partial charge in [0, 0.05) is 29.0 Å². The monoisotopic (exact) mass is 393 g/mol. The van der Waals surface area contributed by atoms with Gasteiger partial charge in [0.05, 0.1) is 0 Å². The fourth-order valence-corrected chi connectivity index (χ4v) is 2.83. The summed E-state index contributed by atoms with van der Waals surface area (Å²) in [4.78, 5) is 26.1. The van der Waals surface area contributed by atoms with Crippen LogP contribution in [0, 0.1) is 0 Å². The first-order valence-electron chi connectivity index (χ1n) is 6.92. The van der Waals surface area contributed by atoms with Crippen molar-refractivity contribution in [3.8, 4) is 0 Å². The maximum Gasteiger partial charge on any atom is 0.331 e. The van der Waals surface area contributed by atoms with Crippen molar-refractivity contribution in [3.05, 3.63) is 62.8 Å². The lowest BCUT2D eigenvalue weighted by molar-refractivity contribution is -0.147. The predicted molar refractivity (Wildman–Crippen MR) is 94.9 cm³/mol. The maximum absolute atomic E-state index is 12.0. The molecular formula is C17H16BrNO3S. The molecule has 120 valence electrons. The lowest BCUT2D eigenvalue weighted by Crippen LogP contribution is -2.30. The number of amides is 1. The molecule has 0 saturated heterocycles. The number of rotatable bonds is 6. The normalized spacial score (nSPS) is 10.7. The Kier molecular flexibility index (Phi) is 6.55. The average molecular weight is 394 g/mol. The molecule has 1 amide bonds. The van der Waals surface area contributed by atoms with Gasteiger partial charge in [-0.1, -0.05) is 40.2 Å². The van der Waals surface area contributed by atoms with Crippen LogP contribution in [0.2, 0.25) is 0 Å². The van der Waals surface area contributed by atoms with Gasteiger partial charge in [-0.2, -0.15) is 0 Å². The molecule has 4 nitrogen and oxygen atoms in total. The minimum Gasteiger partial charge on any atom is -0.452 e. The van der Waals surface area contributed by atoms with Crippen LogP contribution in [-0.2, 0) is 20.9 Å². The molecule has 0 unspecified atom stereocenters. The second-order valence-corrected chi connectivity index (χ2v) is 6.63. The van der Waals surface area contributed by atoms with E-state index in [1.165, 1.54) is 22.3 Å². The van der Waals surface area contributed by atoms with Crippen molar-refractivity contribution >= 4 is 45.2 Å². The molecule has 6 heteroatoms. The Morgan fingerprint density at radius 1 is 1.26 bits per heavy atom. The molecule has 2 aromatic rings. The van der Waals surface area contributed by atoms with Gasteiger partial charge in [0.15, 0.2) is 6.61 Å². The minimum absolute atomic E-state index is 0.251. The summed E-state index contributed by atoms with van der Waals surface area (Å²) in [5.41, 5.74) is 0.993. The van der Waals surface area contributed by atoms with Gasteiger partial charge in [0.1, 0.15) is 0 Å². The van der Waals surface area contributed by atoms with Gasteiger partial charge in [-0.3, -0.25) is 4.79 Å². The number of ether oxygens (including phenoxy) is 1. The number of esters is 1. The third-order valence-electron chi connectivity index (χ3n) is 3.06. The highest BCUT2D eigenvalue weighted by molar-refractivity contribution is 9.10. The van der Waals surface area contributed by atoms with E-state index in [0.717, 1.165) is 14.9 Å². The van der Waals surface area contributed by atoms with Crippen molar-refractivity contribution in [2.24, 2.45) is 0 Å². The van der Waals surface area contributed by atoms with Crippen LogP contribution in [0.4, 0.5) is 0 Å². The topological polar surface area (TPSA) is 46.6 Å². The number of benzene rings is 1. The molecule has 0 spiro atoms. The van der Waals surface area contributed by atoms with Crippen LogP contribution in [0.1, 0.15) is 10.4 Å². The van der Waals surface area contributed by atoms with E-state index >= 15 is 0 Å². The summed E-state index contributed by atoms with van der Waals surface area (Å²) in [6.07, 6.45) is 3.00. The number of thiophene rings is 1. The van der Waals surface area contributed by atoms with Gasteiger partial charge in [0.2, 0.25) is 0 Å². The first-order chi connectivity index (χ1) is 11.1. The van der Waals surface area contributed by atoms with Gasteiger partial charge in [0.25, 0.3) is 5.91 Å². The summed E-state index contributed by atoms with van der Waals surface area (Å²) in [5, 5.41) is 1.92. The summed E-state index contributed by atoms with van der Waals surface area (Å²) in [6.45, 7) is 0.178. The predicted octanol–water partition coefficient (Wildman–Crippen LogP) is 3.73. The lowest BCUT2D eigenvalue weighted by Gasteiger charge is -2.17. The van der Waals surface area contributed by atoms with Crippen LogP contribution >= 0.6 is 27.3 Å². The highest BCUT2D eigenvalue weighted by atomic mass is 79.9. The fourth-order valence-electron chi connectivity index (χ4n) is 1.80. The van der Waals surface area contributed by atoms with Crippen molar-refractivity contribution in [3.63, 3.8) is 0 Å². The Balaban J connectivity index is 1.79. The number of carbonyl (C=O) groups is 2. The third-order valence-corrected chi connectivity index (χ3v) is 4.67. The largest absolute Gasteiger partial charge is 0.452 e. The second-order valence-electron chi connectivity index (χ2n) is 4.80. The van der Waals surface area contributed by atoms with E-state index in [0.29, 0.717) is 6.54 Å². The van der Waals surface area contributed by atoms with E-state index in [1.54, 1.807) is 13.1 Å². The number of nitrogens with zero attached hydrogens (tertiary/aromatic N) is 1. The molecule has 0 aliphatic heterocycles. The second kappa shape index (κ2) is 8.64. The van der Waals surface area contributed by atoms with Crippen LogP contribution in [0.25, 0.3) is 6.08 Å². The van der Waals surface area contributed by atoms with Crippen molar-refractivity contribution < 1.29 is 14.3 Å². The van der Waals surface area contributed by atoms with Gasteiger partial charge in [-0.05, 0) is 29.2 Å². The molecule has 0 aliphatic carbocycles. The van der Waals surface area contributed by atoms with Gasteiger partial charge >= 0.3 is 5.97 Å². The van der Waals surface area contributed by atoms with Gasteiger partial charge in [-0.15, -0.1) is 11.3 Å². The number of carbonyl (C=O) groups excluding carboxylic acids is 2. The Bertz CT molecular complexity index is 698. The molecule has 1 heterocycles. The van der Waals surface area contributed by atoms with E-state index in [4.69, 9.17) is 4.74 Å². The zero-order valence-corrected chi connectivity index (χ0v) is 15.0. The number of likely N-dealkylation sites (N-methyl/N-ethyl adjacent to an activating group) is 1. The Hall–Kier alpha value is -1.92. The first kappa shape index (κ1) is 17.4. The van der Waals surface area contributed by atoms with Gasteiger partial charge < -0.3 is 9.64 Å². The molecule has 1 aromatic heterocycles. The van der Waals surface area contributed by atoms with Crippen molar-refractivity contribution in [2.45, 2.75) is 6.54 Å². The quantitative estimate of drug-likeness (QED) is 0.554. The zero-order valence-electron chi connectivity index (χ0n) is 12.6. The summed E-state index contributed by atoms with van der Waals surface area (Å²) in [5.74, 6) is -0.778. The minimum atomic E-state index is -0.527. The van der Waals surface area contributed by atoms with E-state index in [9.17, 15) is 9.59 Å². The number of halogens is 1. The molecule has 0 fully saturated rings. The Labute approximate surface area is 147 Å². The summed E-state index contributed by atoms with van der Waals surface area (Å²) < 4.78 is 5.91. The van der Waals surface area contributed by atoms with E-state index < -0.39 is 5.97 Å². The van der Waals surface area contributed by atoms with Crippen molar-refractivity contribution in [2.75, 3.05) is 13.7 Å². The van der Waals surface area contributed by atoms with Crippen molar-refractivity contribution in [1.82, 2.24) is 4.90 Å². The summed E-state index contributed by atoms with van der Waals surface area (Å²) >= 11 is 4.97. The van der Waals surface area contributed by atoms with E-state index in [-0.39, 0.29) is 12.5 Å². The van der Waals surface area contributed by atoms with Crippen LogP contribution in [0.3, 0.4) is 0 Å². The maximum atomic E-state index is 12.0. The first-order valence-corrected chi connectivity index (χ1v) is 8.59. The molecule has 2 rings (SSSR count). The van der Waals surface area contributed by atoms with E-state index in [2.05, 4.69) is 15.9 Å². The molecule has 1 aromatic carbocycles.